The summed E-state index contributed by atoms with van der Waals surface area (Å²) in [6.45, 7) is 3.88. The van der Waals surface area contributed by atoms with Crippen molar-refractivity contribution in [1.82, 2.24) is 4.98 Å². The van der Waals surface area contributed by atoms with Crippen LogP contribution in [0.25, 0.3) is 0 Å². The van der Waals surface area contributed by atoms with Crippen molar-refractivity contribution < 1.29 is 4.74 Å². The largest absolute Gasteiger partial charge is 0.474 e. The van der Waals surface area contributed by atoms with Crippen molar-refractivity contribution in [3.05, 3.63) is 23.9 Å². The van der Waals surface area contributed by atoms with Crippen molar-refractivity contribution in [3.63, 3.8) is 0 Å². The van der Waals surface area contributed by atoms with E-state index >= 15 is 0 Å². The first-order valence-corrected chi connectivity index (χ1v) is 3.82. The molecule has 0 aliphatic rings. The summed E-state index contributed by atoms with van der Waals surface area (Å²) in [5, 5.41) is 0. The number of ether oxygens (including phenoxy) is 1. The Morgan fingerprint density at radius 2 is 2.33 bits per heavy atom. The Labute approximate surface area is 72.6 Å². The van der Waals surface area contributed by atoms with Crippen LogP contribution in [0.4, 0.5) is 0 Å². The van der Waals surface area contributed by atoms with Crippen molar-refractivity contribution in [2.45, 2.75) is 20.0 Å². The van der Waals surface area contributed by atoms with Crippen LogP contribution < -0.4 is 4.74 Å². The highest BCUT2D eigenvalue weighted by Gasteiger charge is 2.02. The fourth-order valence-corrected chi connectivity index (χ4v) is 0.818. The molecule has 0 aliphatic carbocycles. The molecule has 0 amide bonds. The average molecular weight is 161 g/mol. The van der Waals surface area contributed by atoms with Gasteiger partial charge in [0.25, 0.3) is 0 Å². The number of hydrogen-bond acceptors (Lipinski definition) is 2. The molecular weight excluding hydrogens is 150 g/mol. The summed E-state index contributed by atoms with van der Waals surface area (Å²) < 4.78 is 5.38. The van der Waals surface area contributed by atoms with Crippen LogP contribution in [0.2, 0.25) is 0 Å². The number of rotatable bonds is 2. The Bertz CT molecular complexity index is 299. The van der Waals surface area contributed by atoms with Crippen molar-refractivity contribution in [1.29, 1.82) is 0 Å². The highest BCUT2D eigenvalue weighted by atomic mass is 16.5. The smallest absolute Gasteiger partial charge is 0.229 e. The van der Waals surface area contributed by atoms with E-state index in [1.54, 1.807) is 12.3 Å². The zero-order valence-electron chi connectivity index (χ0n) is 7.24. The maximum absolute atomic E-state index is 5.38. The van der Waals surface area contributed by atoms with Gasteiger partial charge in [0.15, 0.2) is 0 Å². The summed E-state index contributed by atoms with van der Waals surface area (Å²) in [4.78, 5) is 4.02. The quantitative estimate of drug-likeness (QED) is 0.617. The fourth-order valence-electron chi connectivity index (χ4n) is 0.818. The molecule has 0 saturated heterocycles. The molecule has 62 valence electrons. The lowest BCUT2D eigenvalue weighted by Gasteiger charge is -2.09. The predicted octanol–water partition coefficient (Wildman–Crippen LogP) is 1.85. The minimum atomic E-state index is 0.104. The third-order valence-electron chi connectivity index (χ3n) is 1.27. The lowest BCUT2D eigenvalue weighted by atomic mass is 10.3. The van der Waals surface area contributed by atoms with Crippen LogP contribution >= 0.6 is 0 Å². The maximum atomic E-state index is 5.38. The minimum Gasteiger partial charge on any atom is -0.474 e. The van der Waals surface area contributed by atoms with Gasteiger partial charge in [-0.25, -0.2) is 4.98 Å². The molecule has 0 bridgehead atoms. The topological polar surface area (TPSA) is 22.1 Å². The highest BCUT2D eigenvalue weighted by Crippen LogP contribution is 2.13. The molecule has 2 nitrogen and oxygen atoms in total. The first-order valence-electron chi connectivity index (χ1n) is 3.82. The van der Waals surface area contributed by atoms with Crippen LogP contribution in [0.15, 0.2) is 18.3 Å². The molecule has 0 saturated carbocycles. The van der Waals surface area contributed by atoms with E-state index in [0.717, 1.165) is 0 Å². The van der Waals surface area contributed by atoms with E-state index in [-0.39, 0.29) is 6.10 Å². The summed E-state index contributed by atoms with van der Waals surface area (Å²) in [7, 11) is 0. The Morgan fingerprint density at radius 3 is 2.92 bits per heavy atom. The summed E-state index contributed by atoms with van der Waals surface area (Å²) in [6, 6.07) is 3.60. The molecule has 12 heavy (non-hydrogen) atoms. The van der Waals surface area contributed by atoms with Gasteiger partial charge in [0, 0.05) is 6.20 Å². The molecule has 0 aromatic carbocycles. The third-order valence-corrected chi connectivity index (χ3v) is 1.27. The Balaban J connectivity index is 2.91. The second kappa shape index (κ2) is 3.77. The SMILES string of the molecule is C#Cc1cccnc1OC(C)C. The van der Waals surface area contributed by atoms with Crippen LogP contribution in [0, 0.1) is 12.3 Å². The summed E-state index contributed by atoms with van der Waals surface area (Å²) >= 11 is 0. The van der Waals surface area contributed by atoms with Crippen LogP contribution in [0.5, 0.6) is 5.88 Å². The highest BCUT2D eigenvalue weighted by molar-refractivity contribution is 5.39. The number of pyridine rings is 1. The van der Waals surface area contributed by atoms with Gasteiger partial charge in [0.2, 0.25) is 5.88 Å². The van der Waals surface area contributed by atoms with Gasteiger partial charge >= 0.3 is 0 Å². The first kappa shape index (κ1) is 8.61. The molecule has 0 spiro atoms. The lowest BCUT2D eigenvalue weighted by Crippen LogP contribution is -2.07. The molecule has 0 fully saturated rings. The van der Waals surface area contributed by atoms with E-state index in [1.807, 2.05) is 19.9 Å². The van der Waals surface area contributed by atoms with Gasteiger partial charge in [-0.3, -0.25) is 0 Å². The van der Waals surface area contributed by atoms with Crippen LogP contribution in [0.3, 0.4) is 0 Å². The zero-order chi connectivity index (χ0) is 8.97. The van der Waals surface area contributed by atoms with E-state index in [2.05, 4.69) is 10.9 Å². The predicted molar refractivity (Wildman–Crippen MR) is 47.9 cm³/mol. The van der Waals surface area contributed by atoms with Gasteiger partial charge < -0.3 is 4.74 Å². The van der Waals surface area contributed by atoms with Gasteiger partial charge in [-0.05, 0) is 26.0 Å². The zero-order valence-corrected chi connectivity index (χ0v) is 7.24. The summed E-state index contributed by atoms with van der Waals surface area (Å²) in [5.74, 6) is 3.05. The molecule has 0 aliphatic heterocycles. The van der Waals surface area contributed by atoms with Gasteiger partial charge in [-0.15, -0.1) is 6.42 Å². The molecule has 0 atom stereocenters. The third kappa shape index (κ3) is 2.00. The monoisotopic (exact) mass is 161 g/mol. The average Bonchev–Trinajstić information content (AvgIpc) is 2.04. The summed E-state index contributed by atoms with van der Waals surface area (Å²) in [5.41, 5.74) is 0.700. The normalized spacial score (nSPS) is 9.50. The second-order valence-corrected chi connectivity index (χ2v) is 2.67. The number of terminal acetylenes is 1. The minimum absolute atomic E-state index is 0.104. The van der Waals surface area contributed by atoms with E-state index in [4.69, 9.17) is 11.2 Å². The molecular formula is C10H11NO. The molecule has 1 rings (SSSR count). The molecule has 1 heterocycles. The molecule has 1 aromatic heterocycles. The van der Waals surface area contributed by atoms with Crippen molar-refractivity contribution in [3.8, 4) is 18.2 Å². The second-order valence-electron chi connectivity index (χ2n) is 2.67. The number of hydrogen-bond donors (Lipinski definition) is 0. The van der Waals surface area contributed by atoms with Gasteiger partial charge in [-0.2, -0.15) is 0 Å². The van der Waals surface area contributed by atoms with Crippen molar-refractivity contribution in [2.75, 3.05) is 0 Å². The van der Waals surface area contributed by atoms with Crippen LogP contribution in [-0.4, -0.2) is 11.1 Å². The molecule has 2 heteroatoms. The van der Waals surface area contributed by atoms with Gasteiger partial charge in [-0.1, -0.05) is 5.92 Å². The van der Waals surface area contributed by atoms with Crippen LogP contribution in [-0.2, 0) is 0 Å². The van der Waals surface area contributed by atoms with Gasteiger partial charge in [0.05, 0.1) is 11.7 Å². The molecule has 0 radical (unpaired) electrons. The molecule has 0 unspecified atom stereocenters. The van der Waals surface area contributed by atoms with Gasteiger partial charge in [0.1, 0.15) is 0 Å². The first-order chi connectivity index (χ1) is 5.74. The Hall–Kier alpha value is -1.49. The lowest BCUT2D eigenvalue weighted by molar-refractivity contribution is 0.232. The fraction of sp³-hybridized carbons (Fsp3) is 0.300. The number of aromatic nitrogens is 1. The Kier molecular flexibility index (Phi) is 2.71. The molecule has 1 aromatic rings. The summed E-state index contributed by atoms with van der Waals surface area (Å²) in [6.07, 6.45) is 7.03. The van der Waals surface area contributed by atoms with Crippen LogP contribution in [0.1, 0.15) is 19.4 Å². The standard InChI is InChI=1S/C10H11NO/c1-4-9-6-5-7-11-10(9)12-8(2)3/h1,5-8H,2-3H3. The Morgan fingerprint density at radius 1 is 1.58 bits per heavy atom. The molecule has 0 N–H and O–H groups in total. The number of nitrogens with zero attached hydrogens (tertiary/aromatic N) is 1. The van der Waals surface area contributed by atoms with E-state index in [1.165, 1.54) is 0 Å². The van der Waals surface area contributed by atoms with E-state index < -0.39 is 0 Å². The maximum Gasteiger partial charge on any atom is 0.229 e. The van der Waals surface area contributed by atoms with E-state index in [9.17, 15) is 0 Å². The van der Waals surface area contributed by atoms with Crippen molar-refractivity contribution >= 4 is 0 Å². The van der Waals surface area contributed by atoms with E-state index in [0.29, 0.717) is 11.4 Å². The van der Waals surface area contributed by atoms with Crippen molar-refractivity contribution in [2.24, 2.45) is 0 Å².